The third-order valence-corrected chi connectivity index (χ3v) is 6.21. The minimum Gasteiger partial charge on any atom is -0.340 e. The van der Waals surface area contributed by atoms with Crippen molar-refractivity contribution in [2.24, 2.45) is 5.14 Å². The van der Waals surface area contributed by atoms with E-state index in [0.717, 1.165) is 5.56 Å². The first-order chi connectivity index (χ1) is 14.7. The fourth-order valence-corrected chi connectivity index (χ4v) is 4.01. The van der Waals surface area contributed by atoms with E-state index in [1.807, 2.05) is 36.1 Å². The molecule has 2 amide bonds. The van der Waals surface area contributed by atoms with Crippen molar-refractivity contribution in [2.75, 3.05) is 38.0 Å². The van der Waals surface area contributed by atoms with Crippen LogP contribution in [-0.2, 0) is 26.0 Å². The molecule has 8 nitrogen and oxygen atoms in total. The molecule has 166 valence electrons. The lowest BCUT2D eigenvalue weighted by Gasteiger charge is -2.34. The Hall–Kier alpha value is -2.75. The maximum atomic E-state index is 12.5. The Labute approximate surface area is 183 Å². The Morgan fingerprint density at radius 3 is 2.35 bits per heavy atom. The number of rotatable bonds is 7. The van der Waals surface area contributed by atoms with Crippen LogP contribution in [0.15, 0.2) is 53.4 Å². The third-order valence-electron chi connectivity index (χ3n) is 5.30. The van der Waals surface area contributed by atoms with Gasteiger partial charge in [-0.25, -0.2) is 13.6 Å². The molecular formula is C22H28N4O4S. The van der Waals surface area contributed by atoms with Crippen LogP contribution >= 0.6 is 0 Å². The summed E-state index contributed by atoms with van der Waals surface area (Å²) >= 11 is 0. The quantitative estimate of drug-likeness (QED) is 0.670. The Bertz CT molecular complexity index is 1030. The van der Waals surface area contributed by atoms with Crippen molar-refractivity contribution < 1.29 is 18.0 Å². The Morgan fingerprint density at radius 1 is 1.03 bits per heavy atom. The van der Waals surface area contributed by atoms with Crippen LogP contribution in [0.4, 0.5) is 5.69 Å². The molecule has 0 aromatic heterocycles. The number of anilines is 1. The molecular weight excluding hydrogens is 416 g/mol. The molecule has 0 aliphatic carbocycles. The largest absolute Gasteiger partial charge is 0.340 e. The topological polar surface area (TPSA) is 113 Å². The van der Waals surface area contributed by atoms with E-state index in [1.54, 1.807) is 6.07 Å². The van der Waals surface area contributed by atoms with Gasteiger partial charge in [0.1, 0.15) is 0 Å². The summed E-state index contributed by atoms with van der Waals surface area (Å²) in [6.07, 6.45) is 0.678. The van der Waals surface area contributed by atoms with E-state index in [1.165, 1.54) is 23.8 Å². The number of sulfonamides is 1. The Kier molecular flexibility index (Phi) is 7.42. The first-order valence-electron chi connectivity index (χ1n) is 10.2. The van der Waals surface area contributed by atoms with Crippen LogP contribution in [0.2, 0.25) is 0 Å². The number of amides is 2. The zero-order valence-electron chi connectivity index (χ0n) is 17.6. The van der Waals surface area contributed by atoms with Crippen molar-refractivity contribution in [3.8, 4) is 0 Å². The number of carbonyl (C=O) groups is 2. The summed E-state index contributed by atoms with van der Waals surface area (Å²) in [6, 6.07) is 13.9. The lowest BCUT2D eigenvalue weighted by atomic mass is 10.1. The number of benzene rings is 2. The molecule has 0 saturated carbocycles. The van der Waals surface area contributed by atoms with Crippen LogP contribution in [0.3, 0.4) is 0 Å². The number of primary sulfonamides is 1. The van der Waals surface area contributed by atoms with Gasteiger partial charge in [-0.05, 0) is 30.7 Å². The summed E-state index contributed by atoms with van der Waals surface area (Å²) in [5.41, 5.74) is 2.58. The van der Waals surface area contributed by atoms with Crippen molar-refractivity contribution in [3.05, 3.63) is 59.7 Å². The smallest absolute Gasteiger partial charge is 0.238 e. The number of nitrogens with two attached hydrogens (primary N) is 1. The summed E-state index contributed by atoms with van der Waals surface area (Å²) in [5, 5.41) is 7.82. The molecule has 2 aromatic carbocycles. The average Bonchev–Trinajstić information content (AvgIpc) is 2.74. The standard InChI is InChI=1S/C22H28N4O4S/c1-17-5-7-18(8-6-17)15-22(28)26-13-11-25(12-14-26)10-9-21(27)24-19-3-2-4-20(16-19)31(23,29)30/h2-8,16H,9-15H2,1H3,(H,24,27)(H2,23,29,30). The summed E-state index contributed by atoms with van der Waals surface area (Å²) < 4.78 is 22.8. The average molecular weight is 445 g/mol. The maximum Gasteiger partial charge on any atom is 0.238 e. The minimum atomic E-state index is -3.82. The molecule has 3 N–H and O–H groups in total. The lowest BCUT2D eigenvalue weighted by molar-refractivity contribution is -0.132. The van der Waals surface area contributed by atoms with Gasteiger partial charge in [0.15, 0.2) is 0 Å². The highest BCUT2D eigenvalue weighted by molar-refractivity contribution is 7.89. The number of nitrogens with one attached hydrogen (secondary N) is 1. The Morgan fingerprint density at radius 2 is 1.71 bits per heavy atom. The van der Waals surface area contributed by atoms with E-state index in [-0.39, 0.29) is 23.1 Å². The first-order valence-corrected chi connectivity index (χ1v) is 11.7. The predicted molar refractivity (Wildman–Crippen MR) is 119 cm³/mol. The molecule has 2 aromatic rings. The fourth-order valence-electron chi connectivity index (χ4n) is 3.45. The highest BCUT2D eigenvalue weighted by Gasteiger charge is 2.21. The minimum absolute atomic E-state index is 0.0447. The fraction of sp³-hybridized carbons (Fsp3) is 0.364. The molecule has 9 heteroatoms. The van der Waals surface area contributed by atoms with Gasteiger partial charge in [-0.2, -0.15) is 0 Å². The molecule has 0 spiro atoms. The van der Waals surface area contributed by atoms with Crippen LogP contribution in [-0.4, -0.2) is 62.8 Å². The lowest BCUT2D eigenvalue weighted by Crippen LogP contribution is -2.49. The highest BCUT2D eigenvalue weighted by Crippen LogP contribution is 2.14. The summed E-state index contributed by atoms with van der Waals surface area (Å²) in [7, 11) is -3.82. The zero-order valence-corrected chi connectivity index (χ0v) is 18.4. The Balaban J connectivity index is 1.41. The second kappa shape index (κ2) is 10.0. The molecule has 31 heavy (non-hydrogen) atoms. The molecule has 1 aliphatic heterocycles. The van der Waals surface area contributed by atoms with E-state index >= 15 is 0 Å². The molecule has 1 aliphatic rings. The number of nitrogens with zero attached hydrogens (tertiary/aromatic N) is 2. The molecule has 0 bridgehead atoms. The molecule has 0 radical (unpaired) electrons. The number of aryl methyl sites for hydroxylation is 1. The van der Waals surface area contributed by atoms with Gasteiger partial charge in [0.2, 0.25) is 21.8 Å². The normalized spacial score (nSPS) is 15.0. The maximum absolute atomic E-state index is 12.5. The second-order valence-corrected chi connectivity index (χ2v) is 9.32. The van der Waals surface area contributed by atoms with Crippen molar-refractivity contribution >= 4 is 27.5 Å². The zero-order chi connectivity index (χ0) is 22.4. The van der Waals surface area contributed by atoms with E-state index in [9.17, 15) is 18.0 Å². The number of hydrogen-bond acceptors (Lipinski definition) is 5. The highest BCUT2D eigenvalue weighted by atomic mass is 32.2. The monoisotopic (exact) mass is 444 g/mol. The number of carbonyl (C=O) groups excluding carboxylic acids is 2. The second-order valence-electron chi connectivity index (χ2n) is 7.76. The van der Waals surface area contributed by atoms with Gasteiger partial charge in [0, 0.05) is 44.8 Å². The van der Waals surface area contributed by atoms with Gasteiger partial charge in [-0.15, -0.1) is 0 Å². The van der Waals surface area contributed by atoms with Gasteiger partial charge >= 0.3 is 0 Å². The van der Waals surface area contributed by atoms with Gasteiger partial charge in [0.05, 0.1) is 11.3 Å². The summed E-state index contributed by atoms with van der Waals surface area (Å²) in [5.74, 6) is -0.0829. The SMILES string of the molecule is Cc1ccc(CC(=O)N2CCN(CCC(=O)Nc3cccc(S(N)(=O)=O)c3)CC2)cc1. The van der Waals surface area contributed by atoms with E-state index < -0.39 is 10.0 Å². The molecule has 0 unspecified atom stereocenters. The predicted octanol–water partition coefficient (Wildman–Crippen LogP) is 1.36. The van der Waals surface area contributed by atoms with Crippen LogP contribution in [0.5, 0.6) is 0 Å². The van der Waals surface area contributed by atoms with Crippen molar-refractivity contribution in [3.63, 3.8) is 0 Å². The van der Waals surface area contributed by atoms with Crippen LogP contribution in [0.1, 0.15) is 17.5 Å². The van der Waals surface area contributed by atoms with E-state index in [2.05, 4.69) is 10.2 Å². The molecule has 3 rings (SSSR count). The van der Waals surface area contributed by atoms with Gasteiger partial charge < -0.3 is 10.2 Å². The summed E-state index contributed by atoms with van der Waals surface area (Å²) in [4.78, 5) is 28.7. The first kappa shape index (κ1) is 22.9. The van der Waals surface area contributed by atoms with Gasteiger partial charge in [0.25, 0.3) is 0 Å². The van der Waals surface area contributed by atoms with Crippen molar-refractivity contribution in [1.29, 1.82) is 0 Å². The number of piperazine rings is 1. The summed E-state index contributed by atoms with van der Waals surface area (Å²) in [6.45, 7) is 5.31. The van der Waals surface area contributed by atoms with Crippen molar-refractivity contribution in [1.82, 2.24) is 9.80 Å². The van der Waals surface area contributed by atoms with Crippen molar-refractivity contribution in [2.45, 2.75) is 24.7 Å². The molecule has 1 fully saturated rings. The number of hydrogen-bond donors (Lipinski definition) is 2. The van der Waals surface area contributed by atoms with E-state index in [0.29, 0.717) is 44.8 Å². The van der Waals surface area contributed by atoms with E-state index in [4.69, 9.17) is 5.14 Å². The third kappa shape index (κ3) is 6.88. The van der Waals surface area contributed by atoms with Crippen LogP contribution < -0.4 is 10.5 Å². The van der Waals surface area contributed by atoms with Crippen LogP contribution in [0, 0.1) is 6.92 Å². The molecule has 0 atom stereocenters. The van der Waals surface area contributed by atoms with Gasteiger partial charge in [-0.3, -0.25) is 14.5 Å². The van der Waals surface area contributed by atoms with Gasteiger partial charge in [-0.1, -0.05) is 35.9 Å². The van der Waals surface area contributed by atoms with Crippen LogP contribution in [0.25, 0.3) is 0 Å². The molecule has 1 heterocycles. The molecule has 1 saturated heterocycles.